The van der Waals surface area contributed by atoms with Gasteiger partial charge >= 0.3 is 11.9 Å². The number of halogens is 1. The molecule has 1 N–H and O–H groups in total. The van der Waals surface area contributed by atoms with Gasteiger partial charge in [-0.1, -0.05) is 28.1 Å². The number of rotatable bonds is 3. The van der Waals surface area contributed by atoms with E-state index in [0.29, 0.717) is 22.5 Å². The van der Waals surface area contributed by atoms with Crippen LogP contribution in [0, 0.1) is 13.8 Å². The van der Waals surface area contributed by atoms with E-state index in [0.717, 1.165) is 4.47 Å². The Labute approximate surface area is 136 Å². The number of hydrogen-bond donors (Lipinski definition) is 1. The number of carbonyl (C=O) groups is 2. The average Bonchev–Trinajstić information content (AvgIpc) is 2.45. The maximum absolute atomic E-state index is 12.1. The maximum atomic E-state index is 12.1. The number of carboxylic acid groups (broad SMARTS) is 1. The van der Waals surface area contributed by atoms with Gasteiger partial charge in [0.25, 0.3) is 0 Å². The first-order chi connectivity index (χ1) is 10.4. The molecule has 0 aliphatic rings. The summed E-state index contributed by atoms with van der Waals surface area (Å²) in [6.45, 7) is 3.27. The molecule has 0 fully saturated rings. The zero-order chi connectivity index (χ0) is 16.4. The Morgan fingerprint density at radius 2 is 1.82 bits per heavy atom. The lowest BCUT2D eigenvalue weighted by Gasteiger charge is -2.16. The van der Waals surface area contributed by atoms with Gasteiger partial charge in [-0.15, -0.1) is 0 Å². The van der Waals surface area contributed by atoms with Gasteiger partial charge in [-0.25, -0.2) is 9.59 Å². The molecule has 0 unspecified atom stereocenters. The van der Waals surface area contributed by atoms with Gasteiger partial charge in [0.2, 0.25) is 0 Å². The minimum atomic E-state index is -1.13. The summed E-state index contributed by atoms with van der Waals surface area (Å²) >= 11 is 3.36. The fourth-order valence-corrected chi connectivity index (χ4v) is 2.80. The van der Waals surface area contributed by atoms with Gasteiger partial charge in [-0.05, 0) is 31.5 Å². The summed E-state index contributed by atoms with van der Waals surface area (Å²) < 4.78 is 5.58. The molecular formula is C16H14BrNO4. The van der Waals surface area contributed by atoms with Crippen LogP contribution in [0.2, 0.25) is 0 Å². The average molecular weight is 364 g/mol. The van der Waals surface area contributed by atoms with Gasteiger partial charge in [-0.2, -0.15) is 0 Å². The van der Waals surface area contributed by atoms with Crippen LogP contribution in [0.3, 0.4) is 0 Å². The van der Waals surface area contributed by atoms with Crippen LogP contribution in [0.25, 0.3) is 11.1 Å². The van der Waals surface area contributed by atoms with E-state index in [1.165, 1.54) is 7.11 Å². The van der Waals surface area contributed by atoms with Crippen molar-refractivity contribution in [1.82, 2.24) is 4.98 Å². The predicted molar refractivity (Wildman–Crippen MR) is 85.1 cm³/mol. The van der Waals surface area contributed by atoms with E-state index < -0.39 is 11.9 Å². The molecule has 114 valence electrons. The minimum Gasteiger partial charge on any atom is -0.478 e. The molecule has 0 amide bonds. The zero-order valence-electron chi connectivity index (χ0n) is 12.3. The lowest BCUT2D eigenvalue weighted by atomic mass is 9.92. The number of ether oxygens (including phenoxy) is 1. The second-order valence-electron chi connectivity index (χ2n) is 4.71. The van der Waals surface area contributed by atoms with Crippen molar-refractivity contribution < 1.29 is 19.4 Å². The Hall–Kier alpha value is -2.21. The van der Waals surface area contributed by atoms with Crippen molar-refractivity contribution >= 4 is 27.9 Å². The highest BCUT2D eigenvalue weighted by Crippen LogP contribution is 2.33. The molecule has 0 radical (unpaired) electrons. The van der Waals surface area contributed by atoms with E-state index >= 15 is 0 Å². The highest BCUT2D eigenvalue weighted by Gasteiger charge is 2.26. The van der Waals surface area contributed by atoms with E-state index in [2.05, 4.69) is 20.9 Å². The monoisotopic (exact) mass is 363 g/mol. The Kier molecular flexibility index (Phi) is 4.61. The molecule has 5 nitrogen and oxygen atoms in total. The summed E-state index contributed by atoms with van der Waals surface area (Å²) in [7, 11) is 1.26. The number of aromatic nitrogens is 1. The van der Waals surface area contributed by atoms with E-state index in [4.69, 9.17) is 4.74 Å². The lowest BCUT2D eigenvalue weighted by molar-refractivity contribution is 0.0600. The van der Waals surface area contributed by atoms with Crippen molar-refractivity contribution in [3.05, 3.63) is 51.3 Å². The highest BCUT2D eigenvalue weighted by atomic mass is 79.9. The standard InChI is InChI=1S/C16H14BrNO4/c1-8-12(15(19)20)14(10-5-4-6-11(17)7-10)13(9(2)18-8)16(21)22-3/h4-7H,1-3H3,(H,19,20). The fraction of sp³-hybridized carbons (Fsp3) is 0.188. The van der Waals surface area contributed by atoms with Crippen molar-refractivity contribution in [2.75, 3.05) is 7.11 Å². The Morgan fingerprint density at radius 3 is 2.36 bits per heavy atom. The van der Waals surface area contributed by atoms with E-state index in [1.54, 1.807) is 32.0 Å². The molecule has 2 aromatic rings. The van der Waals surface area contributed by atoms with Crippen molar-refractivity contribution in [3.63, 3.8) is 0 Å². The predicted octanol–water partition coefficient (Wildman–Crippen LogP) is 3.61. The van der Waals surface area contributed by atoms with Crippen LogP contribution < -0.4 is 0 Å². The normalized spacial score (nSPS) is 10.4. The number of hydrogen-bond acceptors (Lipinski definition) is 4. The number of carboxylic acids is 1. The molecule has 1 aromatic carbocycles. The lowest BCUT2D eigenvalue weighted by Crippen LogP contribution is -2.14. The minimum absolute atomic E-state index is 0.00380. The van der Waals surface area contributed by atoms with Gasteiger partial charge < -0.3 is 9.84 Å². The van der Waals surface area contributed by atoms with Crippen molar-refractivity contribution in [2.45, 2.75) is 13.8 Å². The summed E-state index contributed by atoms with van der Waals surface area (Å²) in [5.74, 6) is -1.74. The van der Waals surface area contributed by atoms with Crippen LogP contribution >= 0.6 is 15.9 Å². The number of nitrogens with zero attached hydrogens (tertiary/aromatic N) is 1. The summed E-state index contributed by atoms with van der Waals surface area (Å²) in [6, 6.07) is 7.10. The number of pyridine rings is 1. The third kappa shape index (κ3) is 2.87. The number of benzene rings is 1. The van der Waals surface area contributed by atoms with Crippen LogP contribution in [-0.2, 0) is 4.74 Å². The molecule has 1 heterocycles. The number of carbonyl (C=O) groups excluding carboxylic acids is 1. The fourth-order valence-electron chi connectivity index (χ4n) is 2.40. The van der Waals surface area contributed by atoms with E-state index in [1.807, 2.05) is 6.07 Å². The quantitative estimate of drug-likeness (QED) is 0.842. The summed E-state index contributed by atoms with van der Waals surface area (Å²) in [6.07, 6.45) is 0. The van der Waals surface area contributed by atoms with Crippen molar-refractivity contribution in [3.8, 4) is 11.1 Å². The number of aryl methyl sites for hydroxylation is 2. The highest BCUT2D eigenvalue weighted by molar-refractivity contribution is 9.10. The molecule has 1 aromatic heterocycles. The molecule has 0 saturated heterocycles. The Balaban J connectivity index is 2.94. The van der Waals surface area contributed by atoms with E-state index in [9.17, 15) is 14.7 Å². The maximum Gasteiger partial charge on any atom is 0.340 e. The second-order valence-corrected chi connectivity index (χ2v) is 5.63. The Morgan fingerprint density at radius 1 is 1.18 bits per heavy atom. The molecule has 6 heteroatoms. The van der Waals surface area contributed by atoms with Gasteiger partial charge in [0.05, 0.1) is 29.6 Å². The van der Waals surface area contributed by atoms with Gasteiger partial charge in [0, 0.05) is 10.0 Å². The van der Waals surface area contributed by atoms with Crippen LogP contribution in [0.4, 0.5) is 0 Å². The Bertz CT molecular complexity index is 771. The molecular weight excluding hydrogens is 350 g/mol. The first kappa shape index (κ1) is 16.2. The largest absolute Gasteiger partial charge is 0.478 e. The number of aromatic carboxylic acids is 1. The molecule has 22 heavy (non-hydrogen) atoms. The molecule has 0 bridgehead atoms. The number of esters is 1. The van der Waals surface area contributed by atoms with Crippen molar-refractivity contribution in [2.24, 2.45) is 0 Å². The summed E-state index contributed by atoms with van der Waals surface area (Å²) in [4.78, 5) is 28.0. The van der Waals surface area contributed by atoms with Crippen molar-refractivity contribution in [1.29, 1.82) is 0 Å². The van der Waals surface area contributed by atoms with Gasteiger partial charge in [0.1, 0.15) is 0 Å². The SMILES string of the molecule is COC(=O)c1c(C)nc(C)c(C(=O)O)c1-c1cccc(Br)c1. The second kappa shape index (κ2) is 6.27. The topological polar surface area (TPSA) is 76.5 Å². The van der Waals surface area contributed by atoms with Crippen LogP contribution in [0.15, 0.2) is 28.7 Å². The zero-order valence-corrected chi connectivity index (χ0v) is 13.9. The molecule has 0 aliphatic carbocycles. The third-order valence-corrected chi connectivity index (χ3v) is 3.77. The third-order valence-electron chi connectivity index (χ3n) is 3.28. The van der Waals surface area contributed by atoms with Crippen LogP contribution in [0.5, 0.6) is 0 Å². The van der Waals surface area contributed by atoms with E-state index in [-0.39, 0.29) is 11.1 Å². The molecule has 0 aliphatic heterocycles. The summed E-state index contributed by atoms with van der Waals surface area (Å²) in [5, 5.41) is 9.54. The smallest absolute Gasteiger partial charge is 0.340 e. The van der Waals surface area contributed by atoms with Crippen LogP contribution in [0.1, 0.15) is 32.1 Å². The molecule has 0 saturated carbocycles. The molecule has 0 spiro atoms. The summed E-state index contributed by atoms with van der Waals surface area (Å²) in [5.41, 5.74) is 1.90. The van der Waals surface area contributed by atoms with Crippen LogP contribution in [-0.4, -0.2) is 29.1 Å². The molecule has 2 rings (SSSR count). The molecule has 0 atom stereocenters. The number of methoxy groups -OCH3 is 1. The van der Waals surface area contributed by atoms with Gasteiger partial charge in [0.15, 0.2) is 0 Å². The first-order valence-corrected chi connectivity index (χ1v) is 7.24. The first-order valence-electron chi connectivity index (χ1n) is 6.45. The van der Waals surface area contributed by atoms with Gasteiger partial charge in [-0.3, -0.25) is 4.98 Å².